The third-order valence-corrected chi connectivity index (χ3v) is 4.55. The molecule has 0 aliphatic carbocycles. The molecule has 1 amide bonds. The molecule has 1 aliphatic rings. The largest absolute Gasteiger partial charge is 0.354 e. The Morgan fingerprint density at radius 1 is 1.17 bits per heavy atom. The topological polar surface area (TPSA) is 36.4 Å². The van der Waals surface area contributed by atoms with Gasteiger partial charge in [-0.2, -0.15) is 0 Å². The molecule has 0 bridgehead atoms. The van der Waals surface area contributed by atoms with Gasteiger partial charge in [-0.1, -0.05) is 23.7 Å². The van der Waals surface area contributed by atoms with Crippen molar-refractivity contribution in [2.75, 3.05) is 31.1 Å². The molecule has 0 unspecified atom stereocenters. The van der Waals surface area contributed by atoms with Crippen LogP contribution in [0.3, 0.4) is 0 Å². The number of pyridine rings is 1. The molecular weight excluding hydrogens is 329 g/mol. The number of aromatic nitrogens is 1. The fourth-order valence-corrected chi connectivity index (χ4v) is 3.24. The van der Waals surface area contributed by atoms with Crippen LogP contribution in [0.15, 0.2) is 36.5 Å². The molecule has 1 aromatic carbocycles. The lowest BCUT2D eigenvalue weighted by atomic mass is 10.1. The molecule has 4 nitrogen and oxygen atoms in total. The van der Waals surface area contributed by atoms with Crippen LogP contribution in [0.4, 0.5) is 10.2 Å². The number of carbonyl (C=O) groups excluding carboxylic acids is 1. The van der Waals surface area contributed by atoms with E-state index in [9.17, 15) is 9.18 Å². The summed E-state index contributed by atoms with van der Waals surface area (Å²) in [4.78, 5) is 20.8. The van der Waals surface area contributed by atoms with Gasteiger partial charge in [0, 0.05) is 32.4 Å². The summed E-state index contributed by atoms with van der Waals surface area (Å²) in [7, 11) is 0. The van der Waals surface area contributed by atoms with E-state index in [0.29, 0.717) is 30.2 Å². The highest BCUT2D eigenvalue weighted by atomic mass is 35.5. The first-order valence-electron chi connectivity index (χ1n) is 7.98. The second-order valence-electron chi connectivity index (χ2n) is 5.87. The van der Waals surface area contributed by atoms with Gasteiger partial charge in [-0.3, -0.25) is 4.79 Å². The molecule has 0 N–H and O–H groups in total. The number of hydrogen-bond donors (Lipinski definition) is 0. The Morgan fingerprint density at radius 3 is 2.75 bits per heavy atom. The summed E-state index contributed by atoms with van der Waals surface area (Å²) in [5, 5.41) is 0.599. The SMILES string of the molecule is Cc1cccc(F)c1C(=O)N1CCCN(c2ncccc2Cl)CC1. The summed E-state index contributed by atoms with van der Waals surface area (Å²) >= 11 is 6.21. The number of rotatable bonds is 2. The molecule has 1 aromatic heterocycles. The summed E-state index contributed by atoms with van der Waals surface area (Å²) < 4.78 is 14.1. The van der Waals surface area contributed by atoms with Crippen molar-refractivity contribution in [3.8, 4) is 0 Å². The summed E-state index contributed by atoms with van der Waals surface area (Å²) in [6.07, 6.45) is 2.49. The average Bonchev–Trinajstić information content (AvgIpc) is 2.81. The zero-order chi connectivity index (χ0) is 17.1. The predicted molar refractivity (Wildman–Crippen MR) is 93.1 cm³/mol. The van der Waals surface area contributed by atoms with Gasteiger partial charge in [-0.15, -0.1) is 0 Å². The van der Waals surface area contributed by atoms with Crippen molar-refractivity contribution in [2.24, 2.45) is 0 Å². The van der Waals surface area contributed by atoms with E-state index in [4.69, 9.17) is 11.6 Å². The van der Waals surface area contributed by atoms with Crippen molar-refractivity contribution in [1.29, 1.82) is 0 Å². The third kappa shape index (κ3) is 3.36. The highest BCUT2D eigenvalue weighted by Gasteiger charge is 2.24. The third-order valence-electron chi connectivity index (χ3n) is 4.26. The molecule has 0 saturated carbocycles. The first-order valence-corrected chi connectivity index (χ1v) is 8.35. The van der Waals surface area contributed by atoms with Crippen LogP contribution in [0.25, 0.3) is 0 Å². The zero-order valence-electron chi connectivity index (χ0n) is 13.5. The molecule has 126 valence electrons. The monoisotopic (exact) mass is 347 g/mol. The lowest BCUT2D eigenvalue weighted by Gasteiger charge is -2.24. The summed E-state index contributed by atoms with van der Waals surface area (Å²) in [5.41, 5.74) is 0.829. The van der Waals surface area contributed by atoms with Crippen molar-refractivity contribution in [1.82, 2.24) is 9.88 Å². The van der Waals surface area contributed by atoms with Crippen LogP contribution < -0.4 is 4.90 Å². The van der Waals surface area contributed by atoms with Crippen LogP contribution in [-0.2, 0) is 0 Å². The summed E-state index contributed by atoms with van der Waals surface area (Å²) in [6, 6.07) is 8.31. The van der Waals surface area contributed by atoms with Crippen LogP contribution in [-0.4, -0.2) is 42.0 Å². The Kier molecular flexibility index (Phi) is 5.00. The van der Waals surface area contributed by atoms with Gasteiger partial charge < -0.3 is 9.80 Å². The van der Waals surface area contributed by atoms with Gasteiger partial charge in [0.25, 0.3) is 5.91 Å². The lowest BCUT2D eigenvalue weighted by molar-refractivity contribution is 0.0761. The minimum absolute atomic E-state index is 0.168. The molecule has 0 spiro atoms. The Bertz CT molecular complexity index is 733. The molecule has 1 aliphatic heterocycles. The zero-order valence-corrected chi connectivity index (χ0v) is 14.3. The van der Waals surface area contributed by atoms with E-state index in [-0.39, 0.29) is 11.5 Å². The fraction of sp³-hybridized carbons (Fsp3) is 0.333. The number of nitrogens with zero attached hydrogens (tertiary/aromatic N) is 3. The van der Waals surface area contributed by atoms with Gasteiger partial charge in [0.15, 0.2) is 0 Å². The predicted octanol–water partition coefficient (Wildman–Crippen LogP) is 3.54. The number of amides is 1. The number of aryl methyl sites for hydroxylation is 1. The number of hydrogen-bond acceptors (Lipinski definition) is 3. The number of anilines is 1. The normalized spacial score (nSPS) is 15.3. The quantitative estimate of drug-likeness (QED) is 0.833. The Balaban J connectivity index is 1.76. The molecular formula is C18H19ClFN3O. The van der Waals surface area contributed by atoms with Crippen LogP contribution in [0.5, 0.6) is 0 Å². The van der Waals surface area contributed by atoms with E-state index in [0.717, 1.165) is 18.8 Å². The first-order chi connectivity index (χ1) is 11.6. The van der Waals surface area contributed by atoms with E-state index in [2.05, 4.69) is 9.88 Å². The molecule has 24 heavy (non-hydrogen) atoms. The van der Waals surface area contributed by atoms with E-state index < -0.39 is 5.82 Å². The standard InChI is InChI=1S/C18H19ClFN3O/c1-13-5-2-7-15(20)16(13)18(24)23-10-4-9-22(11-12-23)17-14(19)6-3-8-21-17/h2-3,5-8H,4,9-12H2,1H3. The van der Waals surface area contributed by atoms with Gasteiger partial charge >= 0.3 is 0 Å². The van der Waals surface area contributed by atoms with Gasteiger partial charge in [0.05, 0.1) is 10.6 Å². The average molecular weight is 348 g/mol. The maximum Gasteiger partial charge on any atom is 0.257 e. The van der Waals surface area contributed by atoms with Crippen LogP contribution in [0.1, 0.15) is 22.3 Å². The van der Waals surface area contributed by atoms with Gasteiger partial charge in [-0.25, -0.2) is 9.37 Å². The van der Waals surface area contributed by atoms with Crippen LogP contribution in [0, 0.1) is 12.7 Å². The number of benzene rings is 1. The van der Waals surface area contributed by atoms with E-state index >= 15 is 0 Å². The van der Waals surface area contributed by atoms with Crippen LogP contribution in [0.2, 0.25) is 5.02 Å². The smallest absolute Gasteiger partial charge is 0.257 e. The molecule has 1 fully saturated rings. The van der Waals surface area contributed by atoms with Gasteiger partial charge in [-0.05, 0) is 37.1 Å². The highest BCUT2D eigenvalue weighted by Crippen LogP contribution is 2.24. The van der Waals surface area contributed by atoms with Gasteiger partial charge in [0.2, 0.25) is 0 Å². The molecule has 1 saturated heterocycles. The highest BCUT2D eigenvalue weighted by molar-refractivity contribution is 6.32. The van der Waals surface area contributed by atoms with Crippen molar-refractivity contribution in [3.63, 3.8) is 0 Å². The fourth-order valence-electron chi connectivity index (χ4n) is 3.00. The second kappa shape index (κ2) is 7.18. The maximum absolute atomic E-state index is 14.1. The van der Waals surface area contributed by atoms with Crippen molar-refractivity contribution in [3.05, 3.63) is 58.5 Å². The minimum atomic E-state index is -0.464. The number of carbonyl (C=O) groups is 1. The van der Waals surface area contributed by atoms with Crippen molar-refractivity contribution >= 4 is 23.3 Å². The summed E-state index contributed by atoms with van der Waals surface area (Å²) in [6.45, 7) is 4.24. The number of halogens is 2. The maximum atomic E-state index is 14.1. The molecule has 0 atom stereocenters. The first kappa shape index (κ1) is 16.7. The summed E-state index contributed by atoms with van der Waals surface area (Å²) in [5.74, 6) is 0.0176. The van der Waals surface area contributed by atoms with E-state index in [1.165, 1.54) is 6.07 Å². The molecule has 0 radical (unpaired) electrons. The Labute approximate surface area is 145 Å². The molecule has 3 rings (SSSR count). The van der Waals surface area contributed by atoms with Gasteiger partial charge in [0.1, 0.15) is 11.6 Å². The molecule has 2 aromatic rings. The van der Waals surface area contributed by atoms with Crippen molar-refractivity contribution < 1.29 is 9.18 Å². The lowest BCUT2D eigenvalue weighted by Crippen LogP contribution is -2.36. The molecule has 2 heterocycles. The second-order valence-corrected chi connectivity index (χ2v) is 6.28. The Morgan fingerprint density at radius 2 is 2.00 bits per heavy atom. The van der Waals surface area contributed by atoms with E-state index in [1.807, 2.05) is 0 Å². The minimum Gasteiger partial charge on any atom is -0.354 e. The van der Waals surface area contributed by atoms with Crippen LogP contribution >= 0.6 is 11.6 Å². The van der Waals surface area contributed by atoms with Crippen molar-refractivity contribution in [2.45, 2.75) is 13.3 Å². The molecule has 6 heteroatoms. The Hall–Kier alpha value is -2.14. The van der Waals surface area contributed by atoms with E-state index in [1.54, 1.807) is 42.3 Å².